The maximum Gasteiger partial charge on any atom is 0.416 e. The molecule has 0 unspecified atom stereocenters. The molecule has 9 heteroatoms. The molecule has 1 aromatic carbocycles. The molecule has 2 aromatic rings. The molecule has 2 atom stereocenters. The zero-order valence-electron chi connectivity index (χ0n) is 13.2. The van der Waals surface area contributed by atoms with Crippen molar-refractivity contribution in [2.45, 2.75) is 37.7 Å². The van der Waals surface area contributed by atoms with E-state index in [2.05, 4.69) is 10.1 Å². The summed E-state index contributed by atoms with van der Waals surface area (Å²) in [5.41, 5.74) is -0.760. The number of alkyl halides is 3. The summed E-state index contributed by atoms with van der Waals surface area (Å²) in [6, 6.07) is 4.39. The highest BCUT2D eigenvalue weighted by molar-refractivity contribution is 5.77. The first-order valence-corrected chi connectivity index (χ1v) is 7.82. The van der Waals surface area contributed by atoms with Crippen LogP contribution in [0.3, 0.4) is 0 Å². The van der Waals surface area contributed by atoms with Gasteiger partial charge in [-0.1, -0.05) is 18.2 Å². The fourth-order valence-electron chi connectivity index (χ4n) is 3.13. The van der Waals surface area contributed by atoms with Crippen molar-refractivity contribution in [3.8, 4) is 0 Å². The number of aromatic nitrogens is 3. The minimum absolute atomic E-state index is 0.0145. The summed E-state index contributed by atoms with van der Waals surface area (Å²) < 4.78 is 41.3. The summed E-state index contributed by atoms with van der Waals surface area (Å²) >= 11 is 0. The topological polar surface area (TPSA) is 71.2 Å². The van der Waals surface area contributed by atoms with Crippen LogP contribution in [0.2, 0.25) is 0 Å². The Hall–Kier alpha value is -2.42. The highest BCUT2D eigenvalue weighted by atomic mass is 19.4. The van der Waals surface area contributed by atoms with Gasteiger partial charge >= 0.3 is 6.18 Å². The molecular formula is C16H17F3N4O2. The minimum Gasteiger partial charge on any atom is -0.391 e. The van der Waals surface area contributed by atoms with Crippen molar-refractivity contribution in [3.05, 3.63) is 48.0 Å². The van der Waals surface area contributed by atoms with Crippen LogP contribution >= 0.6 is 0 Å². The van der Waals surface area contributed by atoms with Crippen molar-refractivity contribution in [2.24, 2.45) is 0 Å². The van der Waals surface area contributed by atoms with E-state index in [0.717, 1.165) is 6.07 Å². The summed E-state index contributed by atoms with van der Waals surface area (Å²) in [6.45, 7) is 0.298. The van der Waals surface area contributed by atoms with Gasteiger partial charge in [-0.25, -0.2) is 4.98 Å². The molecule has 0 saturated carbocycles. The quantitative estimate of drug-likeness (QED) is 0.912. The van der Waals surface area contributed by atoms with Crippen LogP contribution in [0, 0.1) is 0 Å². The van der Waals surface area contributed by atoms with Gasteiger partial charge in [-0.15, -0.1) is 0 Å². The van der Waals surface area contributed by atoms with Gasteiger partial charge in [-0.2, -0.15) is 18.3 Å². The molecule has 0 radical (unpaired) electrons. The first-order chi connectivity index (χ1) is 11.9. The maximum absolute atomic E-state index is 13.3. The number of carbonyl (C=O) groups excluding carboxylic acids is 1. The molecule has 2 heterocycles. The molecule has 1 aliphatic rings. The highest BCUT2D eigenvalue weighted by Gasteiger charge is 2.41. The number of nitrogens with zero attached hydrogens (tertiary/aromatic N) is 4. The number of β-amino-alcohol motifs (C(OH)–C–C–N with tert-alkyl or cyclic N) is 1. The Balaban J connectivity index is 1.81. The van der Waals surface area contributed by atoms with Crippen LogP contribution in [0.4, 0.5) is 13.2 Å². The number of carbonyl (C=O) groups is 1. The van der Waals surface area contributed by atoms with Gasteiger partial charge in [-0.05, 0) is 18.1 Å². The number of aliphatic hydroxyl groups is 1. The number of likely N-dealkylation sites (tertiary alicyclic amines) is 1. The molecule has 1 amide bonds. The van der Waals surface area contributed by atoms with Gasteiger partial charge in [0.1, 0.15) is 12.7 Å². The summed E-state index contributed by atoms with van der Waals surface area (Å²) in [4.78, 5) is 17.6. The Labute approximate surface area is 141 Å². The van der Waals surface area contributed by atoms with Gasteiger partial charge in [-0.3, -0.25) is 9.48 Å². The van der Waals surface area contributed by atoms with Crippen LogP contribution in [-0.2, 0) is 17.5 Å². The first kappa shape index (κ1) is 17.4. The molecule has 0 bridgehead atoms. The normalized spacial score (nSPS) is 20.9. The molecule has 0 spiro atoms. The van der Waals surface area contributed by atoms with Crippen LogP contribution in [0.5, 0.6) is 0 Å². The summed E-state index contributed by atoms with van der Waals surface area (Å²) in [7, 11) is 0. The van der Waals surface area contributed by atoms with Crippen LogP contribution in [0.1, 0.15) is 30.0 Å². The zero-order chi connectivity index (χ0) is 18.0. The number of halogens is 3. The number of hydrogen-bond donors (Lipinski definition) is 1. The summed E-state index contributed by atoms with van der Waals surface area (Å²) in [5.74, 6) is -0.325. The molecule has 134 valence electrons. The second-order valence-electron chi connectivity index (χ2n) is 5.94. The predicted molar refractivity (Wildman–Crippen MR) is 81.2 cm³/mol. The number of amides is 1. The van der Waals surface area contributed by atoms with E-state index in [1.807, 2.05) is 0 Å². The van der Waals surface area contributed by atoms with Crippen molar-refractivity contribution < 1.29 is 23.1 Å². The molecular weight excluding hydrogens is 337 g/mol. The largest absolute Gasteiger partial charge is 0.416 e. The Bertz CT molecular complexity index is 733. The smallest absolute Gasteiger partial charge is 0.391 e. The molecule has 1 N–H and O–H groups in total. The van der Waals surface area contributed by atoms with Crippen molar-refractivity contribution >= 4 is 5.91 Å². The van der Waals surface area contributed by atoms with Crippen molar-refractivity contribution in [1.29, 1.82) is 0 Å². The zero-order valence-corrected chi connectivity index (χ0v) is 13.2. The average molecular weight is 354 g/mol. The number of hydrogen-bond acceptors (Lipinski definition) is 4. The number of benzene rings is 1. The monoisotopic (exact) mass is 354 g/mol. The number of aliphatic hydroxyl groups excluding tert-OH is 1. The molecule has 1 fully saturated rings. The van der Waals surface area contributed by atoms with Crippen LogP contribution in [0.25, 0.3) is 0 Å². The Morgan fingerprint density at radius 3 is 2.76 bits per heavy atom. The second-order valence-corrected chi connectivity index (χ2v) is 5.94. The first-order valence-electron chi connectivity index (χ1n) is 7.82. The molecule has 1 aliphatic heterocycles. The van der Waals surface area contributed by atoms with Gasteiger partial charge in [0, 0.05) is 13.0 Å². The van der Waals surface area contributed by atoms with Gasteiger partial charge in [0.25, 0.3) is 0 Å². The highest BCUT2D eigenvalue weighted by Crippen LogP contribution is 2.40. The van der Waals surface area contributed by atoms with E-state index in [4.69, 9.17) is 0 Å². The lowest BCUT2D eigenvalue weighted by Gasteiger charge is -2.27. The van der Waals surface area contributed by atoms with E-state index < -0.39 is 23.9 Å². The third kappa shape index (κ3) is 3.81. The fraction of sp³-hybridized carbons (Fsp3) is 0.438. The van der Waals surface area contributed by atoms with Crippen LogP contribution in [-0.4, -0.2) is 43.3 Å². The Morgan fingerprint density at radius 2 is 2.08 bits per heavy atom. The Morgan fingerprint density at radius 1 is 1.32 bits per heavy atom. The summed E-state index contributed by atoms with van der Waals surface area (Å²) in [6.07, 6.45) is -2.40. The molecule has 1 aromatic heterocycles. The third-order valence-corrected chi connectivity index (χ3v) is 4.25. The van der Waals surface area contributed by atoms with Gasteiger partial charge < -0.3 is 10.0 Å². The lowest BCUT2D eigenvalue weighted by Crippen LogP contribution is -2.33. The van der Waals surface area contributed by atoms with Gasteiger partial charge in [0.2, 0.25) is 5.91 Å². The molecule has 25 heavy (non-hydrogen) atoms. The van der Waals surface area contributed by atoms with E-state index in [-0.39, 0.29) is 37.4 Å². The van der Waals surface area contributed by atoms with Crippen LogP contribution < -0.4 is 0 Å². The maximum atomic E-state index is 13.3. The average Bonchev–Trinajstić information content (AvgIpc) is 3.21. The van der Waals surface area contributed by atoms with Crippen molar-refractivity contribution in [3.63, 3.8) is 0 Å². The lowest BCUT2D eigenvalue weighted by molar-refractivity contribution is -0.140. The van der Waals surface area contributed by atoms with Gasteiger partial charge in [0.15, 0.2) is 0 Å². The summed E-state index contributed by atoms with van der Waals surface area (Å²) in [5, 5.41) is 13.8. The fourth-order valence-corrected chi connectivity index (χ4v) is 3.13. The van der Waals surface area contributed by atoms with E-state index in [0.29, 0.717) is 0 Å². The predicted octanol–water partition coefficient (Wildman–Crippen LogP) is 2.02. The van der Waals surface area contributed by atoms with E-state index in [1.54, 1.807) is 0 Å². The van der Waals surface area contributed by atoms with E-state index in [9.17, 15) is 23.1 Å². The van der Waals surface area contributed by atoms with Gasteiger partial charge in [0.05, 0.1) is 24.3 Å². The van der Waals surface area contributed by atoms with Crippen molar-refractivity contribution in [2.75, 3.05) is 6.54 Å². The molecule has 1 saturated heterocycles. The number of rotatable bonds is 4. The Kier molecular flexibility index (Phi) is 4.76. The minimum atomic E-state index is -4.51. The van der Waals surface area contributed by atoms with E-state index >= 15 is 0 Å². The lowest BCUT2D eigenvalue weighted by atomic mass is 9.97. The second kappa shape index (κ2) is 6.83. The van der Waals surface area contributed by atoms with Crippen LogP contribution in [0.15, 0.2) is 36.9 Å². The molecule has 6 nitrogen and oxygen atoms in total. The van der Waals surface area contributed by atoms with E-state index in [1.165, 1.54) is 40.4 Å². The van der Waals surface area contributed by atoms with Crippen molar-refractivity contribution in [1.82, 2.24) is 19.7 Å². The molecule has 0 aliphatic carbocycles. The standard InChI is InChI=1S/C16H17F3N4O2/c17-16(18,19)13-4-2-1-3-12(13)14-7-11(24)8-23(14)15(25)5-6-22-10-20-9-21-22/h1-4,9-11,14,24H,5-8H2/t11-,14+/m0/s1. The molecule has 3 rings (SSSR count). The number of aryl methyl sites for hydroxylation is 1. The third-order valence-electron chi connectivity index (χ3n) is 4.25. The SMILES string of the molecule is O=C(CCn1cncn1)N1C[C@@H](O)C[C@@H]1c1ccccc1C(F)(F)F.